The molecule has 1 aromatic carbocycles. The molecule has 0 bridgehead atoms. The number of rotatable bonds is 3. The molecule has 0 aliphatic carbocycles. The first-order chi connectivity index (χ1) is 11.4. The summed E-state index contributed by atoms with van der Waals surface area (Å²) in [6, 6.07) is 6.01. The molecule has 1 atom stereocenters. The third-order valence-corrected chi connectivity index (χ3v) is 4.70. The van der Waals surface area contributed by atoms with Crippen molar-refractivity contribution in [1.29, 1.82) is 0 Å². The molecule has 0 radical (unpaired) electrons. The van der Waals surface area contributed by atoms with Crippen molar-refractivity contribution in [2.24, 2.45) is 7.05 Å². The van der Waals surface area contributed by atoms with E-state index in [2.05, 4.69) is 10.3 Å². The number of nitrogens with zero attached hydrogens (tertiary/aromatic N) is 3. The Kier molecular flexibility index (Phi) is 4.10. The standard InChI is InChI=1S/C15H14N4O4S/c1-18-13-12(14(21)17-15(18)24-2)10(7-11(20)16-13)8-4-3-5-9(6-8)19(22)23/h3-6,10H,7H2,1-2H3,(H,16,20). The van der Waals surface area contributed by atoms with E-state index in [0.29, 0.717) is 22.1 Å². The average molecular weight is 346 g/mol. The van der Waals surface area contributed by atoms with Gasteiger partial charge < -0.3 is 9.88 Å². The van der Waals surface area contributed by atoms with Crippen molar-refractivity contribution in [2.75, 3.05) is 11.6 Å². The van der Waals surface area contributed by atoms with E-state index in [-0.39, 0.29) is 18.0 Å². The number of carbonyl (C=O) groups is 1. The average Bonchev–Trinajstić information content (AvgIpc) is 2.57. The summed E-state index contributed by atoms with van der Waals surface area (Å²) in [6.07, 6.45) is 1.83. The highest BCUT2D eigenvalue weighted by molar-refractivity contribution is 7.98. The van der Waals surface area contributed by atoms with Gasteiger partial charge in [-0.25, -0.2) is 0 Å². The molecule has 0 saturated carbocycles. The molecule has 1 aliphatic rings. The quantitative estimate of drug-likeness (QED) is 0.393. The number of nitro groups is 1. The maximum absolute atomic E-state index is 12.5. The van der Waals surface area contributed by atoms with Crippen LogP contribution in [0.4, 0.5) is 11.5 Å². The van der Waals surface area contributed by atoms with Crippen LogP contribution in [-0.4, -0.2) is 26.6 Å². The summed E-state index contributed by atoms with van der Waals surface area (Å²) in [7, 11) is 1.72. The van der Waals surface area contributed by atoms with Crippen LogP contribution in [0.25, 0.3) is 0 Å². The molecule has 0 saturated heterocycles. The first-order valence-electron chi connectivity index (χ1n) is 7.11. The smallest absolute Gasteiger partial charge is 0.279 e. The Bertz CT molecular complexity index is 909. The van der Waals surface area contributed by atoms with Crippen LogP contribution in [0, 0.1) is 10.1 Å². The minimum Gasteiger partial charge on any atom is -0.312 e. The molecule has 124 valence electrons. The van der Waals surface area contributed by atoms with Gasteiger partial charge in [0.05, 0.1) is 10.5 Å². The van der Waals surface area contributed by atoms with Gasteiger partial charge in [0.15, 0.2) is 5.16 Å². The zero-order valence-corrected chi connectivity index (χ0v) is 13.8. The second kappa shape index (κ2) is 6.08. The van der Waals surface area contributed by atoms with Crippen molar-refractivity contribution in [3.05, 3.63) is 55.9 Å². The topological polar surface area (TPSA) is 107 Å². The van der Waals surface area contributed by atoms with Gasteiger partial charge in [-0.2, -0.15) is 4.98 Å². The molecule has 8 nitrogen and oxygen atoms in total. The summed E-state index contributed by atoms with van der Waals surface area (Å²) in [5.74, 6) is -0.407. The number of benzene rings is 1. The first-order valence-corrected chi connectivity index (χ1v) is 8.34. The van der Waals surface area contributed by atoms with E-state index in [1.807, 2.05) is 0 Å². The van der Waals surface area contributed by atoms with Crippen molar-refractivity contribution in [1.82, 2.24) is 9.55 Å². The fourth-order valence-corrected chi connectivity index (χ4v) is 3.40. The summed E-state index contributed by atoms with van der Waals surface area (Å²) in [6.45, 7) is 0. The van der Waals surface area contributed by atoms with Gasteiger partial charge in [-0.1, -0.05) is 23.9 Å². The van der Waals surface area contributed by atoms with Gasteiger partial charge in [-0.15, -0.1) is 0 Å². The molecule has 2 aromatic rings. The van der Waals surface area contributed by atoms with Crippen molar-refractivity contribution in [3.8, 4) is 0 Å². The molecule has 1 N–H and O–H groups in total. The summed E-state index contributed by atoms with van der Waals surface area (Å²) in [5.41, 5.74) is 0.404. The third kappa shape index (κ3) is 2.67. The number of aromatic nitrogens is 2. The van der Waals surface area contributed by atoms with E-state index >= 15 is 0 Å². The number of thioether (sulfide) groups is 1. The molecule has 1 amide bonds. The summed E-state index contributed by atoms with van der Waals surface area (Å²) in [4.78, 5) is 39.1. The second-order valence-corrected chi connectivity index (χ2v) is 6.16. The van der Waals surface area contributed by atoms with Gasteiger partial charge in [0.25, 0.3) is 11.2 Å². The molecule has 2 heterocycles. The van der Waals surface area contributed by atoms with Gasteiger partial charge in [-0.3, -0.25) is 19.7 Å². The van der Waals surface area contributed by atoms with E-state index in [9.17, 15) is 19.7 Å². The maximum atomic E-state index is 12.5. The number of nitrogens with one attached hydrogen (secondary N) is 1. The third-order valence-electron chi connectivity index (χ3n) is 3.97. The Labute approximate surface area is 141 Å². The number of nitro benzene ring substituents is 1. The van der Waals surface area contributed by atoms with E-state index in [4.69, 9.17) is 0 Å². The van der Waals surface area contributed by atoms with Crippen LogP contribution >= 0.6 is 11.8 Å². The zero-order valence-electron chi connectivity index (χ0n) is 13.0. The number of non-ortho nitro benzene ring substituents is 1. The van der Waals surface area contributed by atoms with E-state index < -0.39 is 16.4 Å². The predicted octanol–water partition coefficient (Wildman–Crippen LogP) is 1.88. The highest BCUT2D eigenvalue weighted by Crippen LogP contribution is 2.36. The Morgan fingerprint density at radius 3 is 2.83 bits per heavy atom. The van der Waals surface area contributed by atoms with Crippen LogP contribution in [0.15, 0.2) is 34.2 Å². The maximum Gasteiger partial charge on any atom is 0.279 e. The minimum atomic E-state index is -0.559. The van der Waals surface area contributed by atoms with E-state index in [1.54, 1.807) is 30.0 Å². The van der Waals surface area contributed by atoms with Crippen molar-refractivity contribution >= 4 is 29.2 Å². The van der Waals surface area contributed by atoms with Crippen molar-refractivity contribution < 1.29 is 9.72 Å². The van der Waals surface area contributed by atoms with Gasteiger partial charge in [0.1, 0.15) is 5.82 Å². The molecule has 1 aromatic heterocycles. The molecule has 3 rings (SSSR count). The number of amides is 1. The Balaban J connectivity index is 2.21. The fraction of sp³-hybridized carbons (Fsp3) is 0.267. The number of carbonyl (C=O) groups excluding carboxylic acids is 1. The minimum absolute atomic E-state index is 0.0453. The molecular formula is C15H14N4O4S. The predicted molar refractivity (Wildman–Crippen MR) is 89.4 cm³/mol. The molecule has 1 aliphatic heterocycles. The molecule has 1 unspecified atom stereocenters. The van der Waals surface area contributed by atoms with Gasteiger partial charge in [-0.05, 0) is 11.8 Å². The number of fused-ring (bicyclic) bond motifs is 1. The lowest BCUT2D eigenvalue weighted by Gasteiger charge is -2.27. The lowest BCUT2D eigenvalue weighted by molar-refractivity contribution is -0.384. The summed E-state index contributed by atoms with van der Waals surface area (Å²) >= 11 is 1.30. The first kappa shape index (κ1) is 16.2. The number of anilines is 1. The van der Waals surface area contributed by atoms with Crippen molar-refractivity contribution in [3.63, 3.8) is 0 Å². The highest BCUT2D eigenvalue weighted by Gasteiger charge is 2.32. The van der Waals surface area contributed by atoms with Crippen LogP contribution in [0.5, 0.6) is 0 Å². The molecule has 0 spiro atoms. The largest absolute Gasteiger partial charge is 0.312 e. The zero-order chi connectivity index (χ0) is 17.4. The van der Waals surface area contributed by atoms with Crippen LogP contribution in [0.2, 0.25) is 0 Å². The Morgan fingerprint density at radius 1 is 1.42 bits per heavy atom. The molecule has 9 heteroatoms. The Hall–Kier alpha value is -2.68. The fourth-order valence-electron chi connectivity index (χ4n) is 2.86. The SMILES string of the molecule is CSc1nc(=O)c2c(n1C)NC(=O)CC2c1cccc([N+](=O)[O-])c1. The highest BCUT2D eigenvalue weighted by atomic mass is 32.2. The van der Waals surface area contributed by atoms with E-state index in [0.717, 1.165) is 0 Å². The number of hydrogen-bond acceptors (Lipinski definition) is 6. The van der Waals surface area contributed by atoms with Crippen molar-refractivity contribution in [2.45, 2.75) is 17.5 Å². The normalized spacial score (nSPS) is 16.4. The van der Waals surface area contributed by atoms with Crippen LogP contribution in [-0.2, 0) is 11.8 Å². The number of hydrogen-bond donors (Lipinski definition) is 1. The summed E-state index contributed by atoms with van der Waals surface area (Å²) < 4.78 is 1.66. The second-order valence-electron chi connectivity index (χ2n) is 5.38. The van der Waals surface area contributed by atoms with Crippen LogP contribution in [0.3, 0.4) is 0 Å². The van der Waals surface area contributed by atoms with E-state index in [1.165, 1.54) is 23.9 Å². The molecule has 0 fully saturated rings. The summed E-state index contributed by atoms with van der Waals surface area (Å²) in [5, 5.41) is 14.2. The monoisotopic (exact) mass is 346 g/mol. The van der Waals surface area contributed by atoms with Gasteiger partial charge in [0, 0.05) is 31.5 Å². The van der Waals surface area contributed by atoms with Gasteiger partial charge in [0.2, 0.25) is 5.91 Å². The molecular weight excluding hydrogens is 332 g/mol. The molecule has 24 heavy (non-hydrogen) atoms. The lowest BCUT2D eigenvalue weighted by Crippen LogP contribution is -2.33. The Morgan fingerprint density at radius 2 is 2.17 bits per heavy atom. The van der Waals surface area contributed by atoms with Crippen LogP contribution < -0.4 is 10.9 Å². The van der Waals surface area contributed by atoms with Crippen LogP contribution in [0.1, 0.15) is 23.5 Å². The lowest BCUT2D eigenvalue weighted by atomic mass is 9.86. The van der Waals surface area contributed by atoms with Gasteiger partial charge >= 0.3 is 0 Å².